The summed E-state index contributed by atoms with van der Waals surface area (Å²) in [5.41, 5.74) is -0.186. The van der Waals surface area contributed by atoms with Gasteiger partial charge in [-0.05, 0) is 6.92 Å². The molecule has 0 radical (unpaired) electrons. The molecule has 12 heavy (non-hydrogen) atoms. The molecule has 0 aliphatic rings. The number of hydrogen-bond donors (Lipinski definition) is 2. The first-order valence-corrected chi connectivity index (χ1v) is 3.35. The average Bonchev–Trinajstić information content (AvgIpc) is 2.30. The standard InChI is InChI=1S/C6H6N4O2/c1-3-2-10-5(7-4(3)11)8-6(12)9-10/h2H,1H3,(H2,7,8,9,11,12). The lowest BCUT2D eigenvalue weighted by molar-refractivity contribution is 0.900. The lowest BCUT2D eigenvalue weighted by atomic mass is 10.4. The van der Waals surface area contributed by atoms with Crippen LogP contribution in [0.4, 0.5) is 0 Å². The fourth-order valence-corrected chi connectivity index (χ4v) is 0.965. The Bertz CT molecular complexity index is 532. The lowest BCUT2D eigenvalue weighted by Crippen LogP contribution is -2.11. The van der Waals surface area contributed by atoms with Crippen molar-refractivity contribution in [2.45, 2.75) is 6.92 Å². The zero-order chi connectivity index (χ0) is 8.72. The van der Waals surface area contributed by atoms with Crippen LogP contribution in [0.5, 0.6) is 0 Å². The molecule has 2 heterocycles. The first-order valence-electron chi connectivity index (χ1n) is 3.35. The van der Waals surface area contributed by atoms with E-state index in [1.165, 1.54) is 10.7 Å². The first kappa shape index (κ1) is 6.84. The highest BCUT2D eigenvalue weighted by Crippen LogP contribution is 1.88. The molecule has 62 valence electrons. The second kappa shape index (κ2) is 2.07. The van der Waals surface area contributed by atoms with E-state index in [-0.39, 0.29) is 11.3 Å². The van der Waals surface area contributed by atoms with Gasteiger partial charge < -0.3 is 0 Å². The van der Waals surface area contributed by atoms with Gasteiger partial charge in [-0.2, -0.15) is 4.98 Å². The predicted molar refractivity (Wildman–Crippen MR) is 41.2 cm³/mol. The van der Waals surface area contributed by atoms with Crippen LogP contribution in [0.2, 0.25) is 0 Å². The molecule has 2 aromatic heterocycles. The summed E-state index contributed by atoms with van der Waals surface area (Å²) in [7, 11) is 0. The molecule has 6 nitrogen and oxygen atoms in total. The van der Waals surface area contributed by atoms with Crippen LogP contribution >= 0.6 is 0 Å². The van der Waals surface area contributed by atoms with E-state index >= 15 is 0 Å². The van der Waals surface area contributed by atoms with Crippen molar-refractivity contribution in [1.29, 1.82) is 0 Å². The van der Waals surface area contributed by atoms with Crippen LogP contribution in [-0.4, -0.2) is 19.6 Å². The van der Waals surface area contributed by atoms with Crippen molar-refractivity contribution in [3.05, 3.63) is 32.6 Å². The molecule has 2 aromatic rings. The quantitative estimate of drug-likeness (QED) is 0.527. The Morgan fingerprint density at radius 2 is 2.25 bits per heavy atom. The lowest BCUT2D eigenvalue weighted by Gasteiger charge is -1.92. The summed E-state index contributed by atoms with van der Waals surface area (Å²) in [5.74, 6) is 0.232. The molecular weight excluding hydrogens is 160 g/mol. The highest BCUT2D eigenvalue weighted by atomic mass is 16.1. The maximum atomic E-state index is 11.0. The number of rotatable bonds is 0. The molecule has 0 bridgehead atoms. The van der Waals surface area contributed by atoms with Gasteiger partial charge in [-0.3, -0.25) is 9.78 Å². The van der Waals surface area contributed by atoms with E-state index in [0.29, 0.717) is 5.56 Å². The van der Waals surface area contributed by atoms with Crippen molar-refractivity contribution in [3.8, 4) is 0 Å². The van der Waals surface area contributed by atoms with Crippen LogP contribution in [0, 0.1) is 6.92 Å². The molecule has 0 saturated heterocycles. The van der Waals surface area contributed by atoms with Gasteiger partial charge in [0.1, 0.15) is 0 Å². The minimum absolute atomic E-state index is 0.232. The Labute approximate surface area is 65.9 Å². The highest BCUT2D eigenvalue weighted by Gasteiger charge is 1.99. The third-order valence-corrected chi connectivity index (χ3v) is 1.56. The normalized spacial score (nSPS) is 10.8. The molecular formula is C6H6N4O2. The zero-order valence-corrected chi connectivity index (χ0v) is 6.29. The molecule has 0 saturated carbocycles. The average molecular weight is 166 g/mol. The molecule has 6 heteroatoms. The van der Waals surface area contributed by atoms with Gasteiger partial charge in [-0.25, -0.2) is 14.4 Å². The third kappa shape index (κ3) is 0.849. The molecule has 0 aromatic carbocycles. The van der Waals surface area contributed by atoms with Gasteiger partial charge in [-0.1, -0.05) is 0 Å². The Morgan fingerprint density at radius 3 is 3.00 bits per heavy atom. The van der Waals surface area contributed by atoms with Gasteiger partial charge in [0.25, 0.3) is 5.56 Å². The molecule has 2 N–H and O–H groups in total. The number of H-pyrrole nitrogens is 2. The Balaban J connectivity index is 3.01. The van der Waals surface area contributed by atoms with Crippen molar-refractivity contribution in [3.63, 3.8) is 0 Å². The molecule has 0 aliphatic heterocycles. The maximum absolute atomic E-state index is 11.0. The largest absolute Gasteiger partial charge is 0.363 e. The zero-order valence-electron chi connectivity index (χ0n) is 6.29. The van der Waals surface area contributed by atoms with Crippen LogP contribution in [-0.2, 0) is 0 Å². The van der Waals surface area contributed by atoms with Crippen molar-refractivity contribution in [1.82, 2.24) is 19.6 Å². The van der Waals surface area contributed by atoms with Crippen LogP contribution in [0.3, 0.4) is 0 Å². The number of aryl methyl sites for hydroxylation is 1. The number of nitrogens with one attached hydrogen (secondary N) is 2. The second-order valence-corrected chi connectivity index (χ2v) is 2.49. The number of aromatic nitrogens is 4. The van der Waals surface area contributed by atoms with Crippen molar-refractivity contribution >= 4 is 5.78 Å². The number of nitrogens with zero attached hydrogens (tertiary/aromatic N) is 2. The van der Waals surface area contributed by atoms with Gasteiger partial charge in [0.05, 0.1) is 0 Å². The fourth-order valence-electron chi connectivity index (χ4n) is 0.965. The summed E-state index contributed by atoms with van der Waals surface area (Å²) in [6, 6.07) is 0. The Morgan fingerprint density at radius 1 is 1.50 bits per heavy atom. The van der Waals surface area contributed by atoms with E-state index in [4.69, 9.17) is 0 Å². The van der Waals surface area contributed by atoms with Crippen LogP contribution in [0.1, 0.15) is 5.56 Å². The summed E-state index contributed by atoms with van der Waals surface area (Å²) in [4.78, 5) is 27.7. The van der Waals surface area contributed by atoms with Crippen molar-refractivity contribution in [2.75, 3.05) is 0 Å². The van der Waals surface area contributed by atoms with Gasteiger partial charge in [-0.15, -0.1) is 0 Å². The summed E-state index contributed by atoms with van der Waals surface area (Å²) in [6.07, 6.45) is 1.52. The van der Waals surface area contributed by atoms with E-state index < -0.39 is 5.69 Å². The van der Waals surface area contributed by atoms with Crippen molar-refractivity contribution in [2.24, 2.45) is 0 Å². The fraction of sp³-hybridized carbons (Fsp3) is 0.167. The van der Waals surface area contributed by atoms with Gasteiger partial charge in [0.15, 0.2) is 0 Å². The topological polar surface area (TPSA) is 83.0 Å². The minimum atomic E-state index is -0.476. The number of fused-ring (bicyclic) bond motifs is 1. The highest BCUT2D eigenvalue weighted by molar-refractivity contribution is 5.25. The molecule has 0 spiro atoms. The first-order chi connectivity index (χ1) is 5.66. The van der Waals surface area contributed by atoms with Crippen LogP contribution in [0.25, 0.3) is 5.78 Å². The van der Waals surface area contributed by atoms with E-state index in [0.717, 1.165) is 0 Å². The smallest absolute Gasteiger partial charge is 0.290 e. The molecule has 2 rings (SSSR count). The van der Waals surface area contributed by atoms with E-state index in [2.05, 4.69) is 15.1 Å². The minimum Gasteiger partial charge on any atom is -0.290 e. The SMILES string of the molecule is Cc1cn2[nH]c(=O)nc2[nH]c1=O. The third-order valence-electron chi connectivity index (χ3n) is 1.56. The van der Waals surface area contributed by atoms with Gasteiger partial charge in [0.2, 0.25) is 5.78 Å². The van der Waals surface area contributed by atoms with Crippen LogP contribution in [0.15, 0.2) is 15.8 Å². The summed E-state index contributed by atoms with van der Waals surface area (Å²) < 4.78 is 1.37. The maximum Gasteiger partial charge on any atom is 0.363 e. The Kier molecular flexibility index (Phi) is 1.18. The second-order valence-electron chi connectivity index (χ2n) is 2.49. The Hall–Kier alpha value is -1.85. The molecule has 0 aliphatic carbocycles. The van der Waals surface area contributed by atoms with E-state index in [1.807, 2.05) is 0 Å². The van der Waals surface area contributed by atoms with E-state index in [1.54, 1.807) is 6.92 Å². The van der Waals surface area contributed by atoms with Gasteiger partial charge >= 0.3 is 5.69 Å². The van der Waals surface area contributed by atoms with Gasteiger partial charge in [0, 0.05) is 11.8 Å². The molecule has 0 amide bonds. The van der Waals surface area contributed by atoms with E-state index in [9.17, 15) is 9.59 Å². The summed E-state index contributed by atoms with van der Waals surface area (Å²) in [6.45, 7) is 1.65. The summed E-state index contributed by atoms with van der Waals surface area (Å²) in [5, 5.41) is 2.41. The van der Waals surface area contributed by atoms with Crippen LogP contribution < -0.4 is 11.2 Å². The number of hydrogen-bond acceptors (Lipinski definition) is 3. The molecule has 0 fully saturated rings. The molecule has 0 atom stereocenters. The monoisotopic (exact) mass is 166 g/mol. The molecule has 0 unspecified atom stereocenters. The van der Waals surface area contributed by atoms with Crippen molar-refractivity contribution < 1.29 is 0 Å². The predicted octanol–water partition coefficient (Wildman–Crippen LogP) is -0.981. The number of aromatic amines is 2. The summed E-state index contributed by atoms with van der Waals surface area (Å²) >= 11 is 0.